The van der Waals surface area contributed by atoms with Crippen LogP contribution in [0.2, 0.25) is 5.02 Å². The lowest BCUT2D eigenvalue weighted by atomic mass is 10.3. The Morgan fingerprint density at radius 3 is 2.43 bits per heavy atom. The van der Waals surface area contributed by atoms with Crippen molar-refractivity contribution in [2.45, 2.75) is 0 Å². The van der Waals surface area contributed by atoms with Gasteiger partial charge in [-0.1, -0.05) is 17.7 Å². The molecule has 0 radical (unpaired) electrons. The van der Waals surface area contributed by atoms with Crippen LogP contribution in [-0.4, -0.2) is 20.3 Å². The summed E-state index contributed by atoms with van der Waals surface area (Å²) < 4.78 is 15.2. The van der Waals surface area contributed by atoms with E-state index in [0.29, 0.717) is 17.2 Å². The molecule has 0 spiro atoms. The molecule has 0 saturated carbocycles. The second-order valence-corrected chi connectivity index (χ2v) is 4.45. The lowest BCUT2D eigenvalue weighted by Crippen LogP contribution is -2.16. The molecule has 0 aliphatic carbocycles. The lowest BCUT2D eigenvalue weighted by molar-refractivity contribution is 0.215. The van der Waals surface area contributed by atoms with Crippen molar-refractivity contribution < 1.29 is 19.0 Å². The Morgan fingerprint density at radius 1 is 1.05 bits per heavy atom. The van der Waals surface area contributed by atoms with Crippen molar-refractivity contribution in [1.82, 2.24) is 0 Å². The Labute approximate surface area is 127 Å². The van der Waals surface area contributed by atoms with E-state index in [2.05, 4.69) is 5.32 Å². The van der Waals surface area contributed by atoms with Gasteiger partial charge in [-0.15, -0.1) is 0 Å². The summed E-state index contributed by atoms with van der Waals surface area (Å²) in [6.45, 7) is 0. The van der Waals surface area contributed by atoms with Gasteiger partial charge in [-0.3, -0.25) is 5.32 Å². The normalized spacial score (nSPS) is 9.86. The quantitative estimate of drug-likeness (QED) is 0.928. The summed E-state index contributed by atoms with van der Waals surface area (Å²) in [5.74, 6) is 1.47. The number of methoxy groups -OCH3 is 2. The Bertz CT molecular complexity index is 645. The van der Waals surface area contributed by atoms with E-state index in [0.717, 1.165) is 0 Å². The van der Waals surface area contributed by atoms with Crippen molar-refractivity contribution >= 4 is 23.4 Å². The third-order valence-electron chi connectivity index (χ3n) is 2.66. The maximum atomic E-state index is 11.8. The summed E-state index contributed by atoms with van der Waals surface area (Å²) >= 11 is 6.00. The fourth-order valence-electron chi connectivity index (χ4n) is 1.64. The molecule has 1 N–H and O–H groups in total. The van der Waals surface area contributed by atoms with Gasteiger partial charge in [-0.2, -0.15) is 0 Å². The van der Waals surface area contributed by atoms with Crippen molar-refractivity contribution in [3.05, 3.63) is 47.5 Å². The number of ether oxygens (including phenoxy) is 3. The minimum Gasteiger partial charge on any atom is -0.497 e. The zero-order valence-electron chi connectivity index (χ0n) is 11.6. The fourth-order valence-corrected chi connectivity index (χ4v) is 1.84. The Hall–Kier alpha value is -2.40. The number of rotatable bonds is 4. The van der Waals surface area contributed by atoms with Crippen LogP contribution >= 0.6 is 11.6 Å². The van der Waals surface area contributed by atoms with E-state index in [-0.39, 0.29) is 10.8 Å². The number of benzene rings is 2. The zero-order valence-corrected chi connectivity index (χ0v) is 12.3. The van der Waals surface area contributed by atoms with E-state index >= 15 is 0 Å². The van der Waals surface area contributed by atoms with Crippen LogP contribution in [0, 0.1) is 0 Å². The third-order valence-corrected chi connectivity index (χ3v) is 2.95. The van der Waals surface area contributed by atoms with Gasteiger partial charge in [0.25, 0.3) is 0 Å². The highest BCUT2D eigenvalue weighted by atomic mass is 35.5. The van der Waals surface area contributed by atoms with E-state index < -0.39 is 6.09 Å². The molecule has 0 atom stereocenters. The van der Waals surface area contributed by atoms with E-state index in [1.165, 1.54) is 7.11 Å². The number of hydrogen-bond donors (Lipinski definition) is 1. The molecular formula is C15H14ClNO4. The molecule has 0 bridgehead atoms. The van der Waals surface area contributed by atoms with Crippen LogP contribution in [-0.2, 0) is 0 Å². The minimum absolute atomic E-state index is 0.248. The first-order valence-electron chi connectivity index (χ1n) is 6.09. The van der Waals surface area contributed by atoms with E-state index in [1.54, 1.807) is 49.6 Å². The molecule has 2 aromatic rings. The van der Waals surface area contributed by atoms with Gasteiger partial charge in [0, 0.05) is 17.8 Å². The summed E-state index contributed by atoms with van der Waals surface area (Å²) in [7, 11) is 3.08. The van der Waals surface area contributed by atoms with Crippen LogP contribution in [0.3, 0.4) is 0 Å². The molecular weight excluding hydrogens is 294 g/mol. The maximum absolute atomic E-state index is 11.8. The van der Waals surface area contributed by atoms with Crippen molar-refractivity contribution in [3.63, 3.8) is 0 Å². The topological polar surface area (TPSA) is 56.8 Å². The van der Waals surface area contributed by atoms with Gasteiger partial charge >= 0.3 is 6.09 Å². The lowest BCUT2D eigenvalue weighted by Gasteiger charge is -2.09. The van der Waals surface area contributed by atoms with Gasteiger partial charge in [-0.05, 0) is 24.3 Å². The molecule has 0 aliphatic heterocycles. The Balaban J connectivity index is 2.04. The Kier molecular flexibility index (Phi) is 4.90. The predicted octanol–water partition coefficient (Wildman–Crippen LogP) is 3.97. The van der Waals surface area contributed by atoms with Gasteiger partial charge in [-0.25, -0.2) is 4.79 Å². The Morgan fingerprint density at radius 2 is 1.76 bits per heavy atom. The first-order valence-corrected chi connectivity index (χ1v) is 6.46. The van der Waals surface area contributed by atoms with Gasteiger partial charge in [0.05, 0.1) is 19.2 Å². The number of halogens is 1. The number of hydrogen-bond acceptors (Lipinski definition) is 4. The molecule has 1 amide bonds. The minimum atomic E-state index is -0.643. The summed E-state index contributed by atoms with van der Waals surface area (Å²) in [5.41, 5.74) is 0.559. The molecule has 2 aromatic carbocycles. The van der Waals surface area contributed by atoms with Gasteiger partial charge < -0.3 is 14.2 Å². The van der Waals surface area contributed by atoms with Crippen LogP contribution in [0.25, 0.3) is 0 Å². The highest BCUT2D eigenvalue weighted by molar-refractivity contribution is 6.32. The molecule has 0 heterocycles. The smallest absolute Gasteiger partial charge is 0.417 e. The average molecular weight is 308 g/mol. The number of carbonyl (C=O) groups excluding carboxylic acids is 1. The van der Waals surface area contributed by atoms with Crippen LogP contribution in [0.4, 0.5) is 10.5 Å². The molecule has 6 heteroatoms. The second kappa shape index (κ2) is 6.85. The largest absolute Gasteiger partial charge is 0.497 e. The highest BCUT2D eigenvalue weighted by Crippen LogP contribution is 2.29. The fraction of sp³-hybridized carbons (Fsp3) is 0.133. The van der Waals surface area contributed by atoms with Crippen molar-refractivity contribution in [1.29, 1.82) is 0 Å². The van der Waals surface area contributed by atoms with Gasteiger partial charge in [0.2, 0.25) is 0 Å². The first-order chi connectivity index (χ1) is 10.1. The van der Waals surface area contributed by atoms with E-state index in [1.807, 2.05) is 0 Å². The molecule has 0 fully saturated rings. The number of amides is 1. The monoisotopic (exact) mass is 307 g/mol. The molecule has 0 aliphatic rings. The summed E-state index contributed by atoms with van der Waals surface area (Å²) in [6.07, 6.45) is -0.643. The van der Waals surface area contributed by atoms with Crippen LogP contribution in [0.5, 0.6) is 17.2 Å². The SMILES string of the molecule is COc1cccc(NC(=O)Oc2ccc(OC)cc2Cl)c1. The standard InChI is InChI=1S/C15H14ClNO4/c1-19-11-5-3-4-10(8-11)17-15(18)21-14-7-6-12(20-2)9-13(14)16/h3-9H,1-2H3,(H,17,18). The zero-order chi connectivity index (χ0) is 15.2. The van der Waals surface area contributed by atoms with Crippen LogP contribution in [0.1, 0.15) is 0 Å². The first kappa shape index (κ1) is 15.0. The highest BCUT2D eigenvalue weighted by Gasteiger charge is 2.10. The second-order valence-electron chi connectivity index (χ2n) is 4.04. The van der Waals surface area contributed by atoms with Crippen molar-refractivity contribution in [2.24, 2.45) is 0 Å². The number of nitrogens with one attached hydrogen (secondary N) is 1. The van der Waals surface area contributed by atoms with E-state index in [4.69, 9.17) is 25.8 Å². The predicted molar refractivity (Wildman–Crippen MR) is 80.6 cm³/mol. The maximum Gasteiger partial charge on any atom is 0.417 e. The molecule has 5 nitrogen and oxygen atoms in total. The molecule has 21 heavy (non-hydrogen) atoms. The number of anilines is 1. The van der Waals surface area contributed by atoms with Gasteiger partial charge in [0.1, 0.15) is 11.5 Å². The molecule has 0 saturated heterocycles. The average Bonchev–Trinajstić information content (AvgIpc) is 2.49. The molecule has 2 rings (SSSR count). The summed E-state index contributed by atoms with van der Waals surface area (Å²) in [4.78, 5) is 11.8. The van der Waals surface area contributed by atoms with Crippen molar-refractivity contribution in [3.8, 4) is 17.2 Å². The van der Waals surface area contributed by atoms with Crippen molar-refractivity contribution in [2.75, 3.05) is 19.5 Å². The third kappa shape index (κ3) is 4.03. The van der Waals surface area contributed by atoms with Crippen LogP contribution in [0.15, 0.2) is 42.5 Å². The summed E-state index contributed by atoms with van der Waals surface area (Å²) in [5, 5.41) is 2.88. The molecule has 0 aromatic heterocycles. The number of carbonyl (C=O) groups is 1. The van der Waals surface area contributed by atoms with Gasteiger partial charge in [0.15, 0.2) is 5.75 Å². The van der Waals surface area contributed by atoms with E-state index in [9.17, 15) is 4.79 Å². The van der Waals surface area contributed by atoms with Crippen LogP contribution < -0.4 is 19.5 Å². The molecule has 110 valence electrons. The molecule has 0 unspecified atom stereocenters. The summed E-state index contributed by atoms with van der Waals surface area (Å²) in [6, 6.07) is 11.7.